The highest BCUT2D eigenvalue weighted by Crippen LogP contribution is 2.16. The third kappa shape index (κ3) is 7.96. The average molecular weight is 538 g/mol. The number of nitrogens with zero attached hydrogens (tertiary/aromatic N) is 1. The van der Waals surface area contributed by atoms with Gasteiger partial charge < -0.3 is 14.8 Å². The van der Waals surface area contributed by atoms with E-state index >= 15 is 0 Å². The molecular weight excluding hydrogens is 510 g/mol. The molecule has 35 heavy (non-hydrogen) atoms. The highest BCUT2D eigenvalue weighted by Gasteiger charge is 2.24. The summed E-state index contributed by atoms with van der Waals surface area (Å²) in [5, 5.41) is 6.81. The van der Waals surface area contributed by atoms with Crippen LogP contribution in [0, 0.1) is 5.92 Å². The lowest BCUT2D eigenvalue weighted by Crippen LogP contribution is -2.48. The van der Waals surface area contributed by atoms with E-state index in [2.05, 4.69) is 31.8 Å². The van der Waals surface area contributed by atoms with Crippen LogP contribution in [-0.4, -0.2) is 31.2 Å². The Morgan fingerprint density at radius 3 is 2.17 bits per heavy atom. The summed E-state index contributed by atoms with van der Waals surface area (Å²) in [6, 6.07) is 21.3. The number of halogens is 1. The maximum Gasteiger partial charge on any atom is 0.262 e. The molecule has 0 saturated heterocycles. The SMILES string of the molecule is COc1ccc(C(=O)NC(C(=O)NN=Cc2ccc(OCc3ccc(Br)cc3)cc2)C(C)C)cc1. The number of hydrazone groups is 1. The fourth-order valence-electron chi connectivity index (χ4n) is 3.14. The van der Waals surface area contributed by atoms with Crippen LogP contribution in [0.5, 0.6) is 11.5 Å². The van der Waals surface area contributed by atoms with Gasteiger partial charge in [-0.05, 0) is 77.7 Å². The predicted molar refractivity (Wildman–Crippen MR) is 140 cm³/mol. The molecule has 0 aliphatic carbocycles. The Balaban J connectivity index is 1.52. The summed E-state index contributed by atoms with van der Waals surface area (Å²) in [7, 11) is 1.56. The van der Waals surface area contributed by atoms with Gasteiger partial charge in [-0.3, -0.25) is 9.59 Å². The molecule has 182 valence electrons. The van der Waals surface area contributed by atoms with E-state index in [0.717, 1.165) is 21.3 Å². The molecule has 0 heterocycles. The zero-order valence-electron chi connectivity index (χ0n) is 19.8. The van der Waals surface area contributed by atoms with E-state index in [1.165, 1.54) is 0 Å². The second kappa shape index (κ2) is 12.7. The van der Waals surface area contributed by atoms with Crippen LogP contribution in [0.1, 0.15) is 35.3 Å². The number of nitrogens with one attached hydrogen (secondary N) is 2. The summed E-state index contributed by atoms with van der Waals surface area (Å²) in [4.78, 5) is 25.2. The normalized spacial score (nSPS) is 11.8. The number of carbonyl (C=O) groups is 2. The fourth-order valence-corrected chi connectivity index (χ4v) is 3.40. The molecule has 0 aromatic heterocycles. The van der Waals surface area contributed by atoms with Gasteiger partial charge in [0.1, 0.15) is 24.1 Å². The number of methoxy groups -OCH3 is 1. The molecule has 0 fully saturated rings. The van der Waals surface area contributed by atoms with Crippen LogP contribution in [0.2, 0.25) is 0 Å². The molecule has 3 aromatic rings. The number of hydrogen-bond donors (Lipinski definition) is 2. The van der Waals surface area contributed by atoms with Gasteiger partial charge in [0.15, 0.2) is 0 Å². The molecule has 0 spiro atoms. The van der Waals surface area contributed by atoms with Crippen LogP contribution in [0.4, 0.5) is 0 Å². The molecule has 1 unspecified atom stereocenters. The second-order valence-corrected chi connectivity index (χ2v) is 9.06. The summed E-state index contributed by atoms with van der Waals surface area (Å²) >= 11 is 3.42. The standard InChI is InChI=1S/C27H28BrN3O4/c1-18(2)25(30-26(32)21-8-14-23(34-3)15-9-21)27(33)31-29-16-19-6-12-24(13-7-19)35-17-20-4-10-22(28)11-5-20/h4-16,18,25H,17H2,1-3H3,(H,30,32)(H,31,33). The van der Waals surface area contributed by atoms with Crippen LogP contribution in [-0.2, 0) is 11.4 Å². The minimum absolute atomic E-state index is 0.130. The van der Waals surface area contributed by atoms with Gasteiger partial charge in [-0.1, -0.05) is 41.9 Å². The Hall–Kier alpha value is -3.65. The van der Waals surface area contributed by atoms with Crippen LogP contribution in [0.25, 0.3) is 0 Å². The van der Waals surface area contributed by atoms with E-state index in [-0.39, 0.29) is 11.8 Å². The van der Waals surface area contributed by atoms with E-state index in [4.69, 9.17) is 9.47 Å². The molecule has 3 rings (SSSR count). The van der Waals surface area contributed by atoms with Crippen LogP contribution in [0.3, 0.4) is 0 Å². The Labute approximate surface area is 213 Å². The van der Waals surface area contributed by atoms with Crippen molar-refractivity contribution in [2.45, 2.75) is 26.5 Å². The first-order valence-electron chi connectivity index (χ1n) is 11.1. The van der Waals surface area contributed by atoms with Gasteiger partial charge in [-0.2, -0.15) is 5.10 Å². The molecule has 2 N–H and O–H groups in total. The number of benzene rings is 3. The van der Waals surface area contributed by atoms with Crippen molar-refractivity contribution in [1.82, 2.24) is 10.7 Å². The van der Waals surface area contributed by atoms with Gasteiger partial charge in [-0.15, -0.1) is 0 Å². The minimum Gasteiger partial charge on any atom is -0.497 e. The smallest absolute Gasteiger partial charge is 0.262 e. The van der Waals surface area contributed by atoms with Crippen molar-refractivity contribution < 1.29 is 19.1 Å². The maximum absolute atomic E-state index is 12.7. The lowest BCUT2D eigenvalue weighted by molar-refractivity contribution is -0.123. The predicted octanol–water partition coefficient (Wildman–Crippen LogP) is 4.94. The molecule has 0 aliphatic heterocycles. The van der Waals surface area contributed by atoms with E-state index in [9.17, 15) is 9.59 Å². The van der Waals surface area contributed by atoms with Crippen molar-refractivity contribution in [3.05, 3.63) is 94.0 Å². The summed E-state index contributed by atoms with van der Waals surface area (Å²) < 4.78 is 11.9. The van der Waals surface area contributed by atoms with Crippen LogP contribution < -0.4 is 20.2 Å². The van der Waals surface area contributed by atoms with Crippen molar-refractivity contribution in [2.75, 3.05) is 7.11 Å². The van der Waals surface area contributed by atoms with Crippen LogP contribution in [0.15, 0.2) is 82.4 Å². The third-order valence-electron chi connectivity index (χ3n) is 5.18. The Bertz CT molecular complexity index is 1140. The maximum atomic E-state index is 12.7. The van der Waals surface area contributed by atoms with E-state index in [0.29, 0.717) is 17.9 Å². The first kappa shape index (κ1) is 26.0. The zero-order valence-corrected chi connectivity index (χ0v) is 21.4. The number of carbonyl (C=O) groups excluding carboxylic acids is 2. The molecule has 3 aromatic carbocycles. The molecule has 7 nitrogen and oxygen atoms in total. The molecule has 8 heteroatoms. The highest BCUT2D eigenvalue weighted by atomic mass is 79.9. The number of ether oxygens (including phenoxy) is 2. The summed E-state index contributed by atoms with van der Waals surface area (Å²) in [5.74, 6) is 0.514. The number of hydrogen-bond acceptors (Lipinski definition) is 5. The minimum atomic E-state index is -0.740. The molecular formula is C27H28BrN3O4. The highest BCUT2D eigenvalue weighted by molar-refractivity contribution is 9.10. The van der Waals surface area contributed by atoms with Gasteiger partial charge >= 0.3 is 0 Å². The molecule has 0 saturated carbocycles. The van der Waals surface area contributed by atoms with Crippen molar-refractivity contribution in [1.29, 1.82) is 0 Å². The van der Waals surface area contributed by atoms with Crippen molar-refractivity contribution in [2.24, 2.45) is 11.0 Å². The Morgan fingerprint density at radius 2 is 1.57 bits per heavy atom. The second-order valence-electron chi connectivity index (χ2n) is 8.14. The monoisotopic (exact) mass is 537 g/mol. The van der Waals surface area contributed by atoms with Gasteiger partial charge in [0.2, 0.25) is 0 Å². The number of rotatable bonds is 10. The lowest BCUT2D eigenvalue weighted by Gasteiger charge is -2.20. The molecule has 0 radical (unpaired) electrons. The van der Waals surface area contributed by atoms with Crippen molar-refractivity contribution in [3.63, 3.8) is 0 Å². The number of amides is 2. The topological polar surface area (TPSA) is 89.0 Å². The third-order valence-corrected chi connectivity index (χ3v) is 5.70. The van der Waals surface area contributed by atoms with Crippen LogP contribution >= 0.6 is 15.9 Å². The summed E-state index contributed by atoms with van der Waals surface area (Å²) in [6.45, 7) is 4.18. The van der Waals surface area contributed by atoms with Gasteiger partial charge in [0, 0.05) is 10.0 Å². The zero-order chi connectivity index (χ0) is 25.2. The van der Waals surface area contributed by atoms with E-state index in [1.807, 2.05) is 62.4 Å². The van der Waals surface area contributed by atoms with Crippen molar-refractivity contribution in [3.8, 4) is 11.5 Å². The Morgan fingerprint density at radius 1 is 0.943 bits per heavy atom. The van der Waals surface area contributed by atoms with E-state index < -0.39 is 11.9 Å². The van der Waals surface area contributed by atoms with Gasteiger partial charge in [0.05, 0.1) is 13.3 Å². The fraction of sp³-hybridized carbons (Fsp3) is 0.222. The average Bonchev–Trinajstić information content (AvgIpc) is 2.87. The van der Waals surface area contributed by atoms with Crippen molar-refractivity contribution >= 4 is 34.0 Å². The quantitative estimate of drug-likeness (QED) is 0.283. The molecule has 0 bridgehead atoms. The van der Waals surface area contributed by atoms with Gasteiger partial charge in [-0.25, -0.2) is 5.43 Å². The van der Waals surface area contributed by atoms with E-state index in [1.54, 1.807) is 37.6 Å². The lowest BCUT2D eigenvalue weighted by atomic mass is 10.0. The Kier molecular flexibility index (Phi) is 9.43. The molecule has 0 aliphatic rings. The first-order chi connectivity index (χ1) is 16.9. The van der Waals surface area contributed by atoms with Gasteiger partial charge in [0.25, 0.3) is 11.8 Å². The summed E-state index contributed by atoms with van der Waals surface area (Å²) in [5.41, 5.74) is 4.82. The molecule has 1 atom stereocenters. The first-order valence-corrected chi connectivity index (χ1v) is 11.9. The largest absolute Gasteiger partial charge is 0.497 e. The summed E-state index contributed by atoms with van der Waals surface area (Å²) in [6.07, 6.45) is 1.54. The molecule has 2 amide bonds.